The van der Waals surface area contributed by atoms with Crippen LogP contribution < -0.4 is 4.74 Å². The Morgan fingerprint density at radius 3 is 2.90 bits per heavy atom. The van der Waals surface area contributed by atoms with Crippen LogP contribution in [0.3, 0.4) is 0 Å². The number of hydrogen-bond donors (Lipinski definition) is 0. The van der Waals surface area contributed by atoms with Gasteiger partial charge in [0.1, 0.15) is 11.1 Å². The van der Waals surface area contributed by atoms with Crippen molar-refractivity contribution in [2.75, 3.05) is 7.11 Å². The Bertz CT molecular complexity index is 705. The fraction of sp³-hybridized carbons (Fsp3) is 0.312. The molecule has 0 amide bonds. The van der Waals surface area contributed by atoms with Gasteiger partial charge in [-0.2, -0.15) is 0 Å². The second-order valence-electron chi connectivity index (χ2n) is 5.23. The third kappa shape index (κ3) is 2.00. The lowest BCUT2D eigenvalue weighted by atomic mass is 10.1. The van der Waals surface area contributed by atoms with Crippen LogP contribution >= 0.6 is 11.8 Å². The zero-order valence-electron chi connectivity index (χ0n) is 11.7. The maximum Gasteiger partial charge on any atom is 0.195 e. The molecule has 2 aromatic rings. The lowest BCUT2D eigenvalue weighted by Gasteiger charge is -2.14. The Hall–Kier alpha value is -1.72. The highest BCUT2D eigenvalue weighted by Gasteiger charge is 2.34. The normalized spacial score (nSPS) is 19.4. The number of ether oxygens (including phenoxy) is 2. The molecule has 0 saturated carbocycles. The average molecular weight is 301 g/mol. The van der Waals surface area contributed by atoms with Crippen molar-refractivity contribution >= 4 is 17.5 Å². The van der Waals surface area contributed by atoms with Crippen molar-refractivity contribution < 1.29 is 14.3 Å². The number of nitrogens with zero attached hydrogens (tertiary/aromatic N) is 1. The summed E-state index contributed by atoms with van der Waals surface area (Å²) in [4.78, 5) is 12.8. The Morgan fingerprint density at radius 2 is 2.14 bits per heavy atom. The van der Waals surface area contributed by atoms with Crippen LogP contribution in [-0.4, -0.2) is 17.5 Å². The maximum absolute atomic E-state index is 12.8. The molecule has 0 radical (unpaired) electrons. The molecule has 21 heavy (non-hydrogen) atoms. The lowest BCUT2D eigenvalue weighted by Crippen LogP contribution is -2.16. The maximum atomic E-state index is 12.8. The highest BCUT2D eigenvalue weighted by atomic mass is 32.2. The van der Waals surface area contributed by atoms with Gasteiger partial charge < -0.3 is 14.0 Å². The Labute approximate surface area is 127 Å². The molecule has 3 heterocycles. The number of rotatable bonds is 3. The fourth-order valence-electron chi connectivity index (χ4n) is 2.96. The number of aromatic nitrogens is 1. The van der Waals surface area contributed by atoms with E-state index >= 15 is 0 Å². The fourth-order valence-corrected chi connectivity index (χ4v) is 4.21. The lowest BCUT2D eigenvalue weighted by molar-refractivity contribution is 0.0962. The minimum absolute atomic E-state index is 0.145. The topological polar surface area (TPSA) is 40.5 Å². The first-order chi connectivity index (χ1) is 10.3. The average Bonchev–Trinajstić information content (AvgIpc) is 3.18. The van der Waals surface area contributed by atoms with Crippen LogP contribution in [0.15, 0.2) is 30.3 Å². The van der Waals surface area contributed by atoms with Crippen LogP contribution in [0.25, 0.3) is 0 Å². The van der Waals surface area contributed by atoms with Crippen LogP contribution in [0.4, 0.5) is 0 Å². The molecule has 108 valence electrons. The Kier molecular flexibility index (Phi) is 3.05. The number of carbonyl (C=O) groups is 1. The van der Waals surface area contributed by atoms with Gasteiger partial charge in [0.05, 0.1) is 26.0 Å². The van der Waals surface area contributed by atoms with Gasteiger partial charge in [-0.1, -0.05) is 0 Å². The first-order valence-corrected chi connectivity index (χ1v) is 7.92. The summed E-state index contributed by atoms with van der Waals surface area (Å²) in [5.74, 6) is 1.80. The van der Waals surface area contributed by atoms with Crippen molar-refractivity contribution in [3.05, 3.63) is 52.8 Å². The molecule has 0 N–H and O–H groups in total. The van der Waals surface area contributed by atoms with E-state index in [1.807, 2.05) is 24.3 Å². The number of hydrogen-bond acceptors (Lipinski definition) is 4. The van der Waals surface area contributed by atoms with Crippen LogP contribution in [-0.2, 0) is 23.7 Å². The summed E-state index contributed by atoms with van der Waals surface area (Å²) >= 11 is 1.68. The number of ketones is 1. The van der Waals surface area contributed by atoms with E-state index in [1.54, 1.807) is 18.9 Å². The van der Waals surface area contributed by atoms with Crippen molar-refractivity contribution in [1.29, 1.82) is 0 Å². The highest BCUT2D eigenvalue weighted by Crippen LogP contribution is 2.42. The molecule has 1 aromatic heterocycles. The monoisotopic (exact) mass is 301 g/mol. The zero-order valence-corrected chi connectivity index (χ0v) is 12.5. The Balaban J connectivity index is 1.67. The Morgan fingerprint density at radius 1 is 1.33 bits per heavy atom. The predicted octanol–water partition coefficient (Wildman–Crippen LogP) is 3.16. The summed E-state index contributed by atoms with van der Waals surface area (Å²) < 4.78 is 12.8. The van der Waals surface area contributed by atoms with Crippen molar-refractivity contribution in [2.45, 2.75) is 24.3 Å². The highest BCUT2D eigenvalue weighted by molar-refractivity contribution is 7.99. The molecule has 2 aliphatic rings. The summed E-state index contributed by atoms with van der Waals surface area (Å²) in [6.45, 7) is 1.28. The van der Waals surface area contributed by atoms with Gasteiger partial charge in [-0.15, -0.1) is 11.8 Å². The second kappa shape index (κ2) is 4.93. The first-order valence-electron chi connectivity index (χ1n) is 6.87. The number of carbonyl (C=O) groups excluding carboxylic acids is 1. The predicted molar refractivity (Wildman–Crippen MR) is 80.6 cm³/mol. The van der Waals surface area contributed by atoms with Gasteiger partial charge in [0.15, 0.2) is 5.78 Å². The summed E-state index contributed by atoms with van der Waals surface area (Å²) in [5.41, 5.74) is 4.36. The number of methoxy groups -OCH3 is 1. The summed E-state index contributed by atoms with van der Waals surface area (Å²) in [5, 5.41) is -0.168. The molecule has 0 bridgehead atoms. The van der Waals surface area contributed by atoms with Gasteiger partial charge in [0.2, 0.25) is 0 Å². The van der Waals surface area contributed by atoms with E-state index in [1.165, 1.54) is 17.0 Å². The molecule has 4 nitrogen and oxygen atoms in total. The summed E-state index contributed by atoms with van der Waals surface area (Å²) in [6, 6.07) is 9.50. The number of thioether (sulfide) groups is 1. The van der Waals surface area contributed by atoms with Crippen molar-refractivity contribution in [1.82, 2.24) is 4.57 Å². The van der Waals surface area contributed by atoms with Gasteiger partial charge in [-0.25, -0.2) is 0 Å². The number of Topliss-reactive ketones (excluding diaryl/α,β-unsaturated/α-hetero) is 1. The minimum atomic E-state index is -0.168. The number of benzene rings is 1. The van der Waals surface area contributed by atoms with E-state index in [-0.39, 0.29) is 11.2 Å². The second-order valence-corrected chi connectivity index (χ2v) is 6.30. The van der Waals surface area contributed by atoms with Gasteiger partial charge in [-0.3, -0.25) is 4.79 Å². The minimum Gasteiger partial charge on any atom is -0.497 e. The van der Waals surface area contributed by atoms with E-state index < -0.39 is 0 Å². The van der Waals surface area contributed by atoms with Crippen LogP contribution in [0.5, 0.6) is 5.75 Å². The van der Waals surface area contributed by atoms with Crippen molar-refractivity contribution in [3.8, 4) is 5.75 Å². The van der Waals surface area contributed by atoms with E-state index in [0.29, 0.717) is 13.2 Å². The third-order valence-electron chi connectivity index (χ3n) is 4.03. The van der Waals surface area contributed by atoms with E-state index in [0.717, 1.165) is 17.1 Å². The molecular formula is C16H15NO3S. The molecule has 5 heteroatoms. The molecule has 0 saturated heterocycles. The molecule has 0 unspecified atom stereocenters. The van der Waals surface area contributed by atoms with Crippen LogP contribution in [0.2, 0.25) is 0 Å². The summed E-state index contributed by atoms with van der Waals surface area (Å²) in [7, 11) is 1.62. The van der Waals surface area contributed by atoms with Gasteiger partial charge >= 0.3 is 0 Å². The van der Waals surface area contributed by atoms with Gasteiger partial charge in [0, 0.05) is 22.6 Å². The standard InChI is InChI=1S/C16H15NO3S/c1-19-13-4-2-10(3-5-13)15(18)16-17-12(9-21-16)6-11-7-20-8-14(11)17/h2-6,16H,7-9H2,1H3/t16-/m0/s1. The third-order valence-corrected chi connectivity index (χ3v) is 5.23. The van der Waals surface area contributed by atoms with Gasteiger partial charge in [0.25, 0.3) is 0 Å². The van der Waals surface area contributed by atoms with Crippen molar-refractivity contribution in [3.63, 3.8) is 0 Å². The molecular weight excluding hydrogens is 286 g/mol. The zero-order chi connectivity index (χ0) is 14.4. The van der Waals surface area contributed by atoms with E-state index in [4.69, 9.17) is 9.47 Å². The largest absolute Gasteiger partial charge is 0.497 e. The SMILES string of the molecule is COc1ccc(C(=O)[C@@H]2SCc3cc4c(n32)COC4)cc1. The number of fused-ring (bicyclic) bond motifs is 3. The molecule has 2 aliphatic heterocycles. The van der Waals surface area contributed by atoms with E-state index in [9.17, 15) is 4.79 Å². The smallest absolute Gasteiger partial charge is 0.195 e. The summed E-state index contributed by atoms with van der Waals surface area (Å²) in [6.07, 6.45) is 0. The molecule has 0 aliphatic carbocycles. The molecule has 1 atom stereocenters. The van der Waals surface area contributed by atoms with Crippen LogP contribution in [0, 0.1) is 0 Å². The van der Waals surface area contributed by atoms with E-state index in [2.05, 4.69) is 10.6 Å². The van der Waals surface area contributed by atoms with Crippen molar-refractivity contribution in [2.24, 2.45) is 0 Å². The molecule has 0 fully saturated rings. The molecule has 4 rings (SSSR count). The quantitative estimate of drug-likeness (QED) is 0.817. The first kappa shape index (κ1) is 13.0. The van der Waals surface area contributed by atoms with Gasteiger partial charge in [-0.05, 0) is 30.3 Å². The molecule has 0 spiro atoms. The molecule has 1 aromatic carbocycles. The van der Waals surface area contributed by atoms with Crippen LogP contribution in [0.1, 0.15) is 32.7 Å².